The molecule has 1 aromatic carbocycles. The smallest absolute Gasteiger partial charge is 0.307 e. The summed E-state index contributed by atoms with van der Waals surface area (Å²) in [5.74, 6) is -0.666. The molecule has 0 aliphatic carbocycles. The standard InChI is InChI=1S/C14H18O8/c15-6-9-11(18)12(19)13(20)14(22-9)21-8-3-1-7(2-4-8)5-10(16)17/h1-4,9,11-15,18-20H,5-6H2,(H,16,17)/t9?,11-,12?,13?,14+/m1/s1. The number of aliphatic hydroxyl groups excluding tert-OH is 4. The number of carboxylic acid groups (broad SMARTS) is 1. The van der Waals surface area contributed by atoms with Gasteiger partial charge in [0.15, 0.2) is 0 Å². The van der Waals surface area contributed by atoms with E-state index in [2.05, 4.69) is 0 Å². The molecular formula is C14H18O8. The van der Waals surface area contributed by atoms with Gasteiger partial charge in [-0.15, -0.1) is 0 Å². The predicted molar refractivity (Wildman–Crippen MR) is 72.2 cm³/mol. The minimum atomic E-state index is -1.51. The molecule has 5 N–H and O–H groups in total. The SMILES string of the molecule is O=C(O)Cc1ccc(O[C@H]2OC(CO)[C@@H](O)C(O)C2O)cc1. The van der Waals surface area contributed by atoms with Gasteiger partial charge >= 0.3 is 5.97 Å². The molecule has 2 rings (SSSR count). The first-order valence-corrected chi connectivity index (χ1v) is 6.70. The van der Waals surface area contributed by atoms with E-state index in [1.165, 1.54) is 12.1 Å². The minimum absolute atomic E-state index is 0.125. The Hall–Kier alpha value is -1.71. The van der Waals surface area contributed by atoms with E-state index >= 15 is 0 Å². The number of hydrogen-bond donors (Lipinski definition) is 5. The van der Waals surface area contributed by atoms with Gasteiger partial charge in [-0.25, -0.2) is 0 Å². The van der Waals surface area contributed by atoms with E-state index in [4.69, 9.17) is 19.7 Å². The van der Waals surface area contributed by atoms with Crippen molar-refractivity contribution < 1.29 is 39.8 Å². The highest BCUT2D eigenvalue weighted by Crippen LogP contribution is 2.24. The molecule has 0 radical (unpaired) electrons. The van der Waals surface area contributed by atoms with Crippen LogP contribution in [0.3, 0.4) is 0 Å². The molecule has 1 aromatic rings. The maximum atomic E-state index is 10.6. The molecule has 8 nitrogen and oxygen atoms in total. The van der Waals surface area contributed by atoms with E-state index in [1.807, 2.05) is 0 Å². The average Bonchev–Trinajstić information content (AvgIpc) is 2.49. The zero-order valence-electron chi connectivity index (χ0n) is 11.6. The zero-order chi connectivity index (χ0) is 16.3. The molecule has 0 bridgehead atoms. The van der Waals surface area contributed by atoms with Crippen molar-refractivity contribution >= 4 is 5.97 Å². The van der Waals surface area contributed by atoms with E-state index in [-0.39, 0.29) is 6.42 Å². The van der Waals surface area contributed by atoms with Gasteiger partial charge in [-0.3, -0.25) is 4.79 Å². The number of benzene rings is 1. The fourth-order valence-corrected chi connectivity index (χ4v) is 2.16. The first kappa shape index (κ1) is 16.7. The van der Waals surface area contributed by atoms with Crippen molar-refractivity contribution in [2.45, 2.75) is 37.1 Å². The summed E-state index contributed by atoms with van der Waals surface area (Å²) in [7, 11) is 0. The van der Waals surface area contributed by atoms with Crippen LogP contribution in [0.4, 0.5) is 0 Å². The maximum Gasteiger partial charge on any atom is 0.307 e. The Balaban J connectivity index is 2.04. The topological polar surface area (TPSA) is 137 Å². The Labute approximate surface area is 126 Å². The van der Waals surface area contributed by atoms with Crippen LogP contribution in [-0.2, 0) is 16.0 Å². The summed E-state index contributed by atoms with van der Waals surface area (Å²) in [6, 6.07) is 6.10. The molecule has 3 unspecified atom stereocenters. The first-order valence-electron chi connectivity index (χ1n) is 6.70. The summed E-state index contributed by atoms with van der Waals surface area (Å²) >= 11 is 0. The van der Waals surface area contributed by atoms with Gasteiger partial charge in [0.05, 0.1) is 13.0 Å². The summed E-state index contributed by atoms with van der Waals surface area (Å²) in [6.45, 7) is -0.539. The maximum absolute atomic E-state index is 10.6. The molecular weight excluding hydrogens is 296 g/mol. The average molecular weight is 314 g/mol. The van der Waals surface area contributed by atoms with Gasteiger partial charge in [0.2, 0.25) is 6.29 Å². The monoisotopic (exact) mass is 314 g/mol. The van der Waals surface area contributed by atoms with Crippen molar-refractivity contribution in [2.24, 2.45) is 0 Å². The molecule has 22 heavy (non-hydrogen) atoms. The number of aliphatic hydroxyl groups is 4. The van der Waals surface area contributed by atoms with Gasteiger partial charge in [0.1, 0.15) is 30.2 Å². The number of carbonyl (C=O) groups is 1. The fourth-order valence-electron chi connectivity index (χ4n) is 2.16. The fraction of sp³-hybridized carbons (Fsp3) is 0.500. The largest absolute Gasteiger partial charge is 0.481 e. The molecule has 1 saturated heterocycles. The Morgan fingerprint density at radius 2 is 1.73 bits per heavy atom. The summed E-state index contributed by atoms with van der Waals surface area (Å²) in [6.07, 6.45) is -6.88. The highest BCUT2D eigenvalue weighted by Gasteiger charge is 2.44. The van der Waals surface area contributed by atoms with Crippen molar-refractivity contribution in [2.75, 3.05) is 6.61 Å². The van der Waals surface area contributed by atoms with Crippen molar-refractivity contribution in [1.82, 2.24) is 0 Å². The summed E-state index contributed by atoms with van der Waals surface area (Å²) in [5, 5.41) is 46.9. The molecule has 1 aliphatic rings. The van der Waals surface area contributed by atoms with Gasteiger partial charge in [0, 0.05) is 0 Å². The highest BCUT2D eigenvalue weighted by atomic mass is 16.7. The van der Waals surface area contributed by atoms with E-state index in [0.717, 1.165) is 0 Å². The molecule has 122 valence electrons. The molecule has 8 heteroatoms. The highest BCUT2D eigenvalue weighted by molar-refractivity contribution is 5.70. The summed E-state index contributed by atoms with van der Waals surface area (Å²) in [5.41, 5.74) is 0.577. The van der Waals surface area contributed by atoms with Crippen LogP contribution >= 0.6 is 0 Å². The molecule has 0 saturated carbocycles. The van der Waals surface area contributed by atoms with Crippen molar-refractivity contribution in [3.63, 3.8) is 0 Å². The van der Waals surface area contributed by atoms with Gasteiger partial charge in [0.25, 0.3) is 0 Å². The van der Waals surface area contributed by atoms with E-state index in [1.54, 1.807) is 12.1 Å². The minimum Gasteiger partial charge on any atom is -0.481 e. The number of carboxylic acids is 1. The zero-order valence-corrected chi connectivity index (χ0v) is 11.6. The lowest BCUT2D eigenvalue weighted by molar-refractivity contribution is -0.277. The quantitative estimate of drug-likeness (QED) is 0.442. The molecule has 1 fully saturated rings. The van der Waals surface area contributed by atoms with Gasteiger partial charge in [-0.05, 0) is 17.7 Å². The number of ether oxygens (including phenoxy) is 2. The van der Waals surface area contributed by atoms with Crippen LogP contribution in [0.25, 0.3) is 0 Å². The van der Waals surface area contributed by atoms with Crippen LogP contribution in [0.15, 0.2) is 24.3 Å². The van der Waals surface area contributed by atoms with Gasteiger partial charge in [-0.1, -0.05) is 12.1 Å². The molecule has 0 spiro atoms. The number of hydrogen-bond acceptors (Lipinski definition) is 7. The van der Waals surface area contributed by atoms with Crippen LogP contribution < -0.4 is 4.74 Å². The second kappa shape index (κ2) is 7.03. The second-order valence-electron chi connectivity index (χ2n) is 5.03. The normalized spacial score (nSPS) is 31.7. The van der Waals surface area contributed by atoms with Crippen LogP contribution in [0.1, 0.15) is 5.56 Å². The molecule has 1 heterocycles. The molecule has 1 aliphatic heterocycles. The Bertz CT molecular complexity index is 500. The lowest BCUT2D eigenvalue weighted by Crippen LogP contribution is -2.60. The Kier molecular flexibility index (Phi) is 5.33. The third-order valence-electron chi connectivity index (χ3n) is 3.38. The van der Waals surface area contributed by atoms with Crippen molar-refractivity contribution in [3.05, 3.63) is 29.8 Å². The Morgan fingerprint density at radius 3 is 2.27 bits per heavy atom. The Morgan fingerprint density at radius 1 is 1.09 bits per heavy atom. The van der Waals surface area contributed by atoms with E-state index < -0.39 is 43.3 Å². The predicted octanol–water partition coefficient (Wildman–Crippen LogP) is -1.51. The van der Waals surface area contributed by atoms with Crippen LogP contribution in [-0.4, -0.2) is 68.8 Å². The van der Waals surface area contributed by atoms with Crippen molar-refractivity contribution in [1.29, 1.82) is 0 Å². The number of aliphatic carboxylic acids is 1. The third kappa shape index (κ3) is 3.73. The lowest BCUT2D eigenvalue weighted by atomic mass is 9.99. The van der Waals surface area contributed by atoms with Crippen LogP contribution in [0, 0.1) is 0 Å². The number of rotatable bonds is 5. The van der Waals surface area contributed by atoms with Crippen LogP contribution in [0.2, 0.25) is 0 Å². The lowest BCUT2D eigenvalue weighted by Gasteiger charge is -2.39. The summed E-state index contributed by atoms with van der Waals surface area (Å²) in [4.78, 5) is 10.6. The summed E-state index contributed by atoms with van der Waals surface area (Å²) < 4.78 is 10.6. The molecule has 0 amide bonds. The van der Waals surface area contributed by atoms with Crippen molar-refractivity contribution in [3.8, 4) is 5.75 Å². The molecule has 5 atom stereocenters. The first-order chi connectivity index (χ1) is 10.4. The third-order valence-corrected chi connectivity index (χ3v) is 3.38. The second-order valence-corrected chi connectivity index (χ2v) is 5.03. The van der Waals surface area contributed by atoms with Gasteiger partial charge in [-0.2, -0.15) is 0 Å². The van der Waals surface area contributed by atoms with Crippen LogP contribution in [0.5, 0.6) is 5.75 Å². The van der Waals surface area contributed by atoms with E-state index in [9.17, 15) is 20.1 Å². The molecule has 0 aromatic heterocycles. The van der Waals surface area contributed by atoms with E-state index in [0.29, 0.717) is 11.3 Å². The van der Waals surface area contributed by atoms with Gasteiger partial charge < -0.3 is 35.0 Å².